The fraction of sp³-hybridized carbons (Fsp3) is 0.214. The van der Waals surface area contributed by atoms with Gasteiger partial charge in [0.15, 0.2) is 0 Å². The maximum Gasteiger partial charge on any atom is 0.257 e. The van der Waals surface area contributed by atoms with E-state index in [1.54, 1.807) is 24.5 Å². The van der Waals surface area contributed by atoms with Crippen molar-refractivity contribution in [1.82, 2.24) is 15.0 Å². The Kier molecular flexibility index (Phi) is 6.66. The molecule has 4 aromatic rings. The first-order valence-corrected chi connectivity index (χ1v) is 11.9. The summed E-state index contributed by atoms with van der Waals surface area (Å²) in [5, 5.41) is 5.92. The lowest BCUT2D eigenvalue weighted by molar-refractivity contribution is -0.120. The second-order valence-corrected chi connectivity index (χ2v) is 8.82. The topological polar surface area (TPSA) is 99.8 Å². The normalized spacial score (nSPS) is 13.8. The second-order valence-electron chi connectivity index (χ2n) is 8.82. The van der Waals surface area contributed by atoms with Crippen LogP contribution in [0.4, 0.5) is 11.4 Å². The number of hydrogen-bond acceptors (Lipinski definition) is 4. The van der Waals surface area contributed by atoms with Crippen molar-refractivity contribution < 1.29 is 9.59 Å². The summed E-state index contributed by atoms with van der Waals surface area (Å²) in [5.41, 5.74) is 4.79. The molecule has 0 unspecified atom stereocenters. The van der Waals surface area contributed by atoms with E-state index >= 15 is 0 Å². The average molecular weight is 466 g/mol. The van der Waals surface area contributed by atoms with Gasteiger partial charge in [-0.05, 0) is 66.9 Å². The fourth-order valence-corrected chi connectivity index (χ4v) is 4.37. The molecule has 35 heavy (non-hydrogen) atoms. The minimum atomic E-state index is -0.201. The predicted molar refractivity (Wildman–Crippen MR) is 137 cm³/mol. The summed E-state index contributed by atoms with van der Waals surface area (Å²) in [6.45, 7) is 0. The molecule has 1 saturated carbocycles. The van der Waals surface area contributed by atoms with Crippen LogP contribution in [0.1, 0.15) is 42.5 Å². The third-order valence-corrected chi connectivity index (χ3v) is 6.36. The Morgan fingerprint density at radius 1 is 0.800 bits per heavy atom. The molecule has 0 atom stereocenters. The molecule has 0 spiro atoms. The number of pyridine rings is 1. The van der Waals surface area contributed by atoms with Crippen LogP contribution in [-0.2, 0) is 4.79 Å². The lowest BCUT2D eigenvalue weighted by atomic mass is 9.88. The lowest BCUT2D eigenvalue weighted by Gasteiger charge is -2.20. The SMILES string of the molecule is O=C(Nc1ccc(-c2cnc(-c3ccc(NC(=O)C4CCCCC4)cc3)[nH]2)cc1)c1cccnc1. The van der Waals surface area contributed by atoms with Gasteiger partial charge in [0, 0.05) is 35.2 Å². The minimum Gasteiger partial charge on any atom is -0.338 e. The van der Waals surface area contributed by atoms with Crippen molar-refractivity contribution >= 4 is 23.2 Å². The molecule has 2 amide bonds. The van der Waals surface area contributed by atoms with E-state index in [1.165, 1.54) is 12.6 Å². The molecule has 1 aliphatic rings. The highest BCUT2D eigenvalue weighted by Crippen LogP contribution is 2.27. The zero-order valence-electron chi connectivity index (χ0n) is 19.3. The smallest absolute Gasteiger partial charge is 0.257 e. The van der Waals surface area contributed by atoms with Gasteiger partial charge in [-0.1, -0.05) is 31.4 Å². The maximum atomic E-state index is 12.5. The molecule has 2 aromatic carbocycles. The first-order chi connectivity index (χ1) is 17.2. The van der Waals surface area contributed by atoms with Gasteiger partial charge < -0.3 is 15.6 Å². The van der Waals surface area contributed by atoms with E-state index in [-0.39, 0.29) is 17.7 Å². The van der Waals surface area contributed by atoms with E-state index in [1.807, 2.05) is 48.5 Å². The Hall–Kier alpha value is -4.26. The van der Waals surface area contributed by atoms with Gasteiger partial charge >= 0.3 is 0 Å². The number of carbonyl (C=O) groups is 2. The Bertz CT molecular complexity index is 1290. The number of amides is 2. The number of rotatable bonds is 6. The molecule has 1 fully saturated rings. The molecule has 7 heteroatoms. The van der Waals surface area contributed by atoms with Gasteiger partial charge in [0.2, 0.25) is 5.91 Å². The van der Waals surface area contributed by atoms with Crippen LogP contribution in [0.15, 0.2) is 79.3 Å². The molecular weight excluding hydrogens is 438 g/mol. The monoisotopic (exact) mass is 465 g/mol. The van der Waals surface area contributed by atoms with Crippen LogP contribution in [0.5, 0.6) is 0 Å². The Labute approximate surface area is 204 Å². The molecule has 2 aromatic heterocycles. The van der Waals surface area contributed by atoms with Crippen LogP contribution in [0.25, 0.3) is 22.6 Å². The number of anilines is 2. The fourth-order valence-electron chi connectivity index (χ4n) is 4.37. The zero-order valence-corrected chi connectivity index (χ0v) is 19.3. The highest BCUT2D eigenvalue weighted by Gasteiger charge is 2.21. The number of imidazole rings is 1. The first kappa shape index (κ1) is 22.5. The minimum absolute atomic E-state index is 0.123. The average Bonchev–Trinajstić information content (AvgIpc) is 3.41. The Morgan fingerprint density at radius 3 is 2.17 bits per heavy atom. The molecule has 0 bridgehead atoms. The molecule has 5 rings (SSSR count). The molecule has 0 aliphatic heterocycles. The van der Waals surface area contributed by atoms with Crippen molar-refractivity contribution in [3.8, 4) is 22.6 Å². The highest BCUT2D eigenvalue weighted by atomic mass is 16.2. The summed E-state index contributed by atoms with van der Waals surface area (Å²) in [5.74, 6) is 0.802. The quantitative estimate of drug-likeness (QED) is 0.330. The van der Waals surface area contributed by atoms with E-state index in [2.05, 4.69) is 25.6 Å². The van der Waals surface area contributed by atoms with Crippen LogP contribution in [-0.4, -0.2) is 26.8 Å². The summed E-state index contributed by atoms with van der Waals surface area (Å²) in [7, 11) is 0. The summed E-state index contributed by atoms with van der Waals surface area (Å²) in [4.78, 5) is 36.6. The number of carbonyl (C=O) groups excluding carboxylic acids is 2. The van der Waals surface area contributed by atoms with E-state index in [0.29, 0.717) is 11.3 Å². The Balaban J connectivity index is 1.21. The number of aromatic amines is 1. The second kappa shape index (κ2) is 10.3. The Morgan fingerprint density at radius 2 is 1.49 bits per heavy atom. The largest absolute Gasteiger partial charge is 0.338 e. The third kappa shape index (κ3) is 5.46. The van der Waals surface area contributed by atoms with Crippen LogP contribution >= 0.6 is 0 Å². The molecule has 0 saturated heterocycles. The van der Waals surface area contributed by atoms with Gasteiger partial charge in [-0.15, -0.1) is 0 Å². The van der Waals surface area contributed by atoms with Crippen LogP contribution in [0.3, 0.4) is 0 Å². The summed E-state index contributed by atoms with van der Waals surface area (Å²) in [6.07, 6.45) is 10.4. The molecule has 1 aliphatic carbocycles. The number of nitrogens with one attached hydrogen (secondary N) is 3. The standard InChI is InChI=1S/C28H27N5O2/c34-27(21-5-2-1-3-6-21)31-24-14-10-20(11-15-24)26-30-18-25(33-26)19-8-12-23(13-9-19)32-28(35)22-7-4-16-29-17-22/h4,7-18,21H,1-3,5-6H2,(H,30,33)(H,31,34)(H,32,35). The molecule has 2 heterocycles. The zero-order chi connectivity index (χ0) is 24.0. The van der Waals surface area contributed by atoms with Crippen molar-refractivity contribution in [3.05, 3.63) is 84.8 Å². The van der Waals surface area contributed by atoms with Gasteiger partial charge in [0.05, 0.1) is 17.5 Å². The molecule has 7 nitrogen and oxygen atoms in total. The van der Waals surface area contributed by atoms with Crippen molar-refractivity contribution in [2.75, 3.05) is 10.6 Å². The molecule has 176 valence electrons. The molecule has 3 N–H and O–H groups in total. The number of hydrogen-bond donors (Lipinski definition) is 3. The van der Waals surface area contributed by atoms with E-state index in [9.17, 15) is 9.59 Å². The van der Waals surface area contributed by atoms with Gasteiger partial charge in [0.25, 0.3) is 5.91 Å². The highest BCUT2D eigenvalue weighted by molar-refractivity contribution is 6.04. The summed E-state index contributed by atoms with van der Waals surface area (Å²) >= 11 is 0. The van der Waals surface area contributed by atoms with Gasteiger partial charge in [-0.3, -0.25) is 14.6 Å². The number of nitrogens with zero attached hydrogens (tertiary/aromatic N) is 2. The van der Waals surface area contributed by atoms with Crippen molar-refractivity contribution in [2.24, 2.45) is 5.92 Å². The van der Waals surface area contributed by atoms with Crippen molar-refractivity contribution in [3.63, 3.8) is 0 Å². The first-order valence-electron chi connectivity index (χ1n) is 11.9. The van der Waals surface area contributed by atoms with Crippen molar-refractivity contribution in [1.29, 1.82) is 0 Å². The van der Waals surface area contributed by atoms with Gasteiger partial charge in [0.1, 0.15) is 5.82 Å². The van der Waals surface area contributed by atoms with E-state index in [0.717, 1.165) is 54.0 Å². The third-order valence-electron chi connectivity index (χ3n) is 6.36. The van der Waals surface area contributed by atoms with Crippen LogP contribution in [0.2, 0.25) is 0 Å². The van der Waals surface area contributed by atoms with E-state index in [4.69, 9.17) is 0 Å². The summed E-state index contributed by atoms with van der Waals surface area (Å²) < 4.78 is 0. The van der Waals surface area contributed by atoms with Crippen LogP contribution in [0, 0.1) is 5.92 Å². The molecule has 0 radical (unpaired) electrons. The maximum absolute atomic E-state index is 12.5. The number of H-pyrrole nitrogens is 1. The number of benzene rings is 2. The van der Waals surface area contributed by atoms with E-state index < -0.39 is 0 Å². The van der Waals surface area contributed by atoms with Gasteiger partial charge in [-0.2, -0.15) is 0 Å². The predicted octanol–water partition coefficient (Wildman–Crippen LogP) is 5.91. The van der Waals surface area contributed by atoms with Crippen LogP contribution < -0.4 is 10.6 Å². The molecular formula is C28H27N5O2. The lowest BCUT2D eigenvalue weighted by Crippen LogP contribution is -2.24. The van der Waals surface area contributed by atoms with Gasteiger partial charge in [-0.25, -0.2) is 4.98 Å². The summed E-state index contributed by atoms with van der Waals surface area (Å²) in [6, 6.07) is 18.8. The van der Waals surface area contributed by atoms with Crippen molar-refractivity contribution in [2.45, 2.75) is 32.1 Å². The number of aromatic nitrogens is 3.